The van der Waals surface area contributed by atoms with Crippen molar-refractivity contribution in [2.75, 3.05) is 13.2 Å². The third kappa shape index (κ3) is 35.3. The van der Waals surface area contributed by atoms with E-state index in [0.717, 1.165) is 25.2 Å². The molecule has 1 fully saturated rings. The number of ketones is 1. The van der Waals surface area contributed by atoms with Crippen molar-refractivity contribution in [1.82, 2.24) is 5.32 Å². The molecule has 0 radical (unpaired) electrons. The molecule has 0 spiro atoms. The highest BCUT2D eigenvalue weighted by Gasteiger charge is 2.16. The zero-order valence-corrected chi connectivity index (χ0v) is 25.1. The lowest BCUT2D eigenvalue weighted by molar-refractivity contribution is -0.766. The van der Waals surface area contributed by atoms with Crippen LogP contribution in [0.25, 0.3) is 0 Å². The van der Waals surface area contributed by atoms with Gasteiger partial charge in [-0.05, 0) is 32.1 Å². The summed E-state index contributed by atoms with van der Waals surface area (Å²) in [6.45, 7) is 9.48. The summed E-state index contributed by atoms with van der Waals surface area (Å²) < 4.78 is 0. The van der Waals surface area contributed by atoms with Gasteiger partial charge in [-0.25, -0.2) is 0 Å². The number of nitrogens with zero attached hydrogens (tertiary/aromatic N) is 2. The van der Waals surface area contributed by atoms with Crippen molar-refractivity contribution in [2.45, 2.75) is 137 Å². The molecule has 1 amide bonds. The summed E-state index contributed by atoms with van der Waals surface area (Å²) in [5, 5.41) is 19.4. The minimum absolute atomic E-state index is 0.233. The molecule has 11 heteroatoms. The van der Waals surface area contributed by atoms with Crippen molar-refractivity contribution in [3.8, 4) is 0 Å². The average molecular weight is 562 g/mol. The van der Waals surface area contributed by atoms with E-state index >= 15 is 0 Å². The maximum atomic E-state index is 11.6. The second kappa shape index (κ2) is 33.3. The monoisotopic (exact) mass is 561 g/mol. The van der Waals surface area contributed by atoms with Gasteiger partial charge in [0.15, 0.2) is 0 Å². The minimum Gasteiger partial charge on any atom is -0.352 e. The highest BCUT2D eigenvalue weighted by Crippen LogP contribution is 2.28. The van der Waals surface area contributed by atoms with E-state index in [1.807, 2.05) is 13.8 Å². The lowest BCUT2D eigenvalue weighted by Gasteiger charge is -2.12. The van der Waals surface area contributed by atoms with Crippen molar-refractivity contribution >= 4 is 12.2 Å². The Morgan fingerprint density at radius 1 is 0.923 bits per heavy atom. The summed E-state index contributed by atoms with van der Waals surface area (Å²) in [7, 11) is 0. The first kappa shape index (κ1) is 40.8. The summed E-state index contributed by atoms with van der Waals surface area (Å²) in [4.78, 5) is 48.8. The fraction of sp³-hybridized carbons (Fsp3) is 0.857. The molecule has 1 saturated carbocycles. The standard InChI is InChI=1S/C15H28O.C7H14.C4H7N3O7.C2H6/c1-2-3-4-5-6-11-15(16)13-12-14-9-7-8-10-14;1-3-5-7-6-4-2;8-3-5-4(1-13-6(9)10)2-14-7(11)12;1-2/h14H,2-13H2,1H3;3,5H,4,6-7H2,1-2H3;3-4H,1-2H2,(H,5,8);1-2H3/b;5-3-;;. The number of rotatable bonds is 20. The number of allylic oxidation sites excluding steroid dienone is 2. The third-order valence-electron chi connectivity index (χ3n) is 5.89. The van der Waals surface area contributed by atoms with E-state index in [-0.39, 0.29) is 6.41 Å². The Kier molecular flexibility index (Phi) is 34.8. The molecule has 0 aromatic heterocycles. The lowest BCUT2D eigenvalue weighted by atomic mass is 9.98. The van der Waals surface area contributed by atoms with E-state index in [9.17, 15) is 29.8 Å². The Balaban J connectivity index is -0.000000515. The Hall–Kier alpha value is -2.72. The molecule has 0 aliphatic heterocycles. The van der Waals surface area contributed by atoms with Gasteiger partial charge < -0.3 is 15.0 Å². The van der Waals surface area contributed by atoms with Crippen LogP contribution in [-0.2, 0) is 19.3 Å². The van der Waals surface area contributed by atoms with Crippen LogP contribution < -0.4 is 5.32 Å². The van der Waals surface area contributed by atoms with Crippen LogP contribution in [0.3, 0.4) is 0 Å². The maximum Gasteiger partial charge on any atom is 0.294 e. The largest absolute Gasteiger partial charge is 0.352 e. The van der Waals surface area contributed by atoms with Crippen LogP contribution >= 0.6 is 0 Å². The summed E-state index contributed by atoms with van der Waals surface area (Å²) in [5.41, 5.74) is 0. The highest BCUT2D eigenvalue weighted by atomic mass is 17.0. The number of hydrogen-bond acceptors (Lipinski definition) is 8. The number of unbranched alkanes of at least 4 members (excludes halogenated alkanes) is 6. The van der Waals surface area contributed by atoms with Crippen molar-refractivity contribution in [1.29, 1.82) is 0 Å². The van der Waals surface area contributed by atoms with Crippen LogP contribution in [0, 0.1) is 26.1 Å². The molecule has 0 atom stereocenters. The summed E-state index contributed by atoms with van der Waals surface area (Å²) in [6, 6.07) is -0.941. The minimum atomic E-state index is -1.08. The van der Waals surface area contributed by atoms with Gasteiger partial charge in [0.1, 0.15) is 19.0 Å². The van der Waals surface area contributed by atoms with E-state index in [1.165, 1.54) is 77.0 Å². The second-order valence-corrected chi connectivity index (χ2v) is 9.12. The molecule has 1 N–H and O–H groups in total. The smallest absolute Gasteiger partial charge is 0.294 e. The molecular formula is C28H55N3O8. The van der Waals surface area contributed by atoms with Gasteiger partial charge in [-0.1, -0.05) is 104 Å². The first-order chi connectivity index (χ1) is 18.8. The lowest BCUT2D eigenvalue weighted by Crippen LogP contribution is -2.38. The molecular weight excluding hydrogens is 506 g/mol. The average Bonchev–Trinajstić information content (AvgIpc) is 3.45. The van der Waals surface area contributed by atoms with Crippen molar-refractivity contribution in [3.63, 3.8) is 0 Å². The quantitative estimate of drug-likeness (QED) is 0.0539. The molecule has 0 bridgehead atoms. The van der Waals surface area contributed by atoms with Gasteiger partial charge in [0.25, 0.3) is 10.2 Å². The summed E-state index contributed by atoms with van der Waals surface area (Å²) in [6.07, 6.45) is 23.2. The first-order valence-corrected chi connectivity index (χ1v) is 14.7. The van der Waals surface area contributed by atoms with Crippen molar-refractivity contribution in [2.24, 2.45) is 5.92 Å². The van der Waals surface area contributed by atoms with Crippen molar-refractivity contribution in [3.05, 3.63) is 32.4 Å². The molecule has 0 aromatic carbocycles. The SMILES string of the molecule is C/C=C\CCCC.CC.CCCCCCCC(=O)CCC1CCCC1.O=CNC(CO[N+](=O)[O-])CO[N+](=O)[O-]. The predicted molar refractivity (Wildman–Crippen MR) is 154 cm³/mol. The molecule has 0 heterocycles. The van der Waals surface area contributed by atoms with Gasteiger partial charge in [-0.3, -0.25) is 9.59 Å². The van der Waals surface area contributed by atoms with Gasteiger partial charge in [0.2, 0.25) is 6.41 Å². The molecule has 1 aliphatic carbocycles. The van der Waals surface area contributed by atoms with E-state index < -0.39 is 29.4 Å². The number of amides is 1. The van der Waals surface area contributed by atoms with Crippen LogP contribution in [0.2, 0.25) is 0 Å². The molecule has 11 nitrogen and oxygen atoms in total. The number of hydrogen-bond donors (Lipinski definition) is 1. The van der Waals surface area contributed by atoms with E-state index in [4.69, 9.17) is 0 Å². The predicted octanol–water partition coefficient (Wildman–Crippen LogP) is 7.18. The van der Waals surface area contributed by atoms with E-state index in [0.29, 0.717) is 5.78 Å². The number of carbonyl (C=O) groups excluding carboxylic acids is 2. The summed E-state index contributed by atoms with van der Waals surface area (Å²) >= 11 is 0. The highest BCUT2D eigenvalue weighted by molar-refractivity contribution is 5.78. The molecule has 39 heavy (non-hydrogen) atoms. The Morgan fingerprint density at radius 2 is 1.46 bits per heavy atom. The van der Waals surface area contributed by atoms with Gasteiger partial charge in [-0.15, -0.1) is 20.2 Å². The van der Waals surface area contributed by atoms with Gasteiger partial charge in [0.05, 0.1) is 6.04 Å². The number of Topliss-reactive ketones (excluding diaryl/α,β-unsaturated/α-hetero) is 1. The van der Waals surface area contributed by atoms with Crippen LogP contribution in [0.1, 0.15) is 131 Å². The van der Waals surface area contributed by atoms with Crippen LogP contribution in [0.15, 0.2) is 12.2 Å². The topological polar surface area (TPSA) is 151 Å². The third-order valence-corrected chi connectivity index (χ3v) is 5.89. The molecule has 1 aliphatic rings. The Bertz CT molecular complexity index is 594. The molecule has 230 valence electrons. The van der Waals surface area contributed by atoms with Gasteiger partial charge >= 0.3 is 0 Å². The number of carbonyl (C=O) groups is 2. The summed E-state index contributed by atoms with van der Waals surface area (Å²) in [5.74, 6) is 1.40. The fourth-order valence-electron chi connectivity index (χ4n) is 3.75. The Morgan fingerprint density at radius 3 is 1.92 bits per heavy atom. The normalized spacial score (nSPS) is 12.3. The second-order valence-electron chi connectivity index (χ2n) is 9.12. The van der Waals surface area contributed by atoms with Crippen LogP contribution in [-0.4, -0.2) is 41.6 Å². The number of nitrogens with one attached hydrogen (secondary N) is 1. The molecule has 0 unspecified atom stereocenters. The fourth-order valence-corrected chi connectivity index (χ4v) is 3.75. The zero-order chi connectivity index (χ0) is 30.2. The molecule has 0 saturated heterocycles. The van der Waals surface area contributed by atoms with E-state index in [2.05, 4.69) is 47.9 Å². The van der Waals surface area contributed by atoms with E-state index in [1.54, 1.807) is 0 Å². The van der Waals surface area contributed by atoms with Crippen LogP contribution in [0.5, 0.6) is 0 Å². The molecule has 0 aromatic rings. The van der Waals surface area contributed by atoms with Crippen molar-refractivity contribution < 1.29 is 29.4 Å². The van der Waals surface area contributed by atoms with Gasteiger partial charge in [-0.2, -0.15) is 0 Å². The Labute approximate surface area is 235 Å². The first-order valence-electron chi connectivity index (χ1n) is 14.7. The zero-order valence-electron chi connectivity index (χ0n) is 25.1. The molecule has 1 rings (SSSR count). The maximum absolute atomic E-state index is 11.6. The van der Waals surface area contributed by atoms with Gasteiger partial charge in [0, 0.05) is 12.8 Å². The van der Waals surface area contributed by atoms with Crippen LogP contribution in [0.4, 0.5) is 0 Å².